The summed E-state index contributed by atoms with van der Waals surface area (Å²) in [7, 11) is 0. The summed E-state index contributed by atoms with van der Waals surface area (Å²) in [5.41, 5.74) is 14.0. The van der Waals surface area contributed by atoms with Gasteiger partial charge in [0.25, 0.3) is 0 Å². The maximum absolute atomic E-state index is 5.56. The van der Waals surface area contributed by atoms with E-state index in [0.717, 1.165) is 5.69 Å². The third-order valence-corrected chi connectivity index (χ3v) is 1.24. The van der Waals surface area contributed by atoms with Crippen molar-refractivity contribution in [1.29, 1.82) is 0 Å². The number of hydrogen-bond donors (Lipinski definition) is 2. The Kier molecular flexibility index (Phi) is 5.16. The van der Waals surface area contributed by atoms with E-state index >= 15 is 0 Å². The normalized spacial score (nSPS) is 9.38. The molecule has 1 aromatic carbocycles. The maximum atomic E-state index is 5.56. The number of hydrogen-bond acceptors (Lipinski definition) is 2. The molecule has 0 aliphatic carbocycles. The molecular weight excluding hydrogens is 160 g/mol. The molecule has 0 saturated carbocycles. The number of nitrogen functional groups attached to an aromatic ring is 1. The first-order chi connectivity index (χ1) is 5.91. The van der Waals surface area contributed by atoms with E-state index in [2.05, 4.69) is 6.07 Å². The van der Waals surface area contributed by atoms with Crippen molar-refractivity contribution in [3.05, 3.63) is 29.3 Å². The highest BCUT2D eigenvalue weighted by Crippen LogP contribution is 2.08. The molecule has 0 unspecified atom stereocenters. The van der Waals surface area contributed by atoms with Crippen molar-refractivity contribution < 1.29 is 0 Å². The zero-order chi connectivity index (χ0) is 10.4. The van der Waals surface area contributed by atoms with Crippen molar-refractivity contribution >= 4 is 5.69 Å². The third-order valence-electron chi connectivity index (χ3n) is 1.24. The fourth-order valence-electron chi connectivity index (χ4n) is 1.01. The Balaban J connectivity index is 0.000000310. The summed E-state index contributed by atoms with van der Waals surface area (Å²) in [5.74, 6) is 0. The Morgan fingerprint density at radius 2 is 1.31 bits per heavy atom. The lowest BCUT2D eigenvalue weighted by molar-refractivity contribution is 0.834. The standard InChI is InChI=1S/C8H11N.C3H9N/c1-6-3-7(2)5-8(9)4-6;1-3(2)4/h3-5H,9H2,1-2H3;3H,4H2,1-2H3. The molecule has 4 N–H and O–H groups in total. The van der Waals surface area contributed by atoms with Crippen LogP contribution in [0, 0.1) is 13.8 Å². The summed E-state index contributed by atoms with van der Waals surface area (Å²) in [6.07, 6.45) is 0. The zero-order valence-corrected chi connectivity index (χ0v) is 8.96. The molecular formula is C11H20N2. The molecule has 2 nitrogen and oxygen atoms in total. The molecule has 0 heterocycles. The van der Waals surface area contributed by atoms with Gasteiger partial charge in [0.2, 0.25) is 0 Å². The molecule has 0 fully saturated rings. The molecule has 0 bridgehead atoms. The smallest absolute Gasteiger partial charge is 0.0319 e. The summed E-state index contributed by atoms with van der Waals surface area (Å²) in [5, 5.41) is 0. The molecule has 0 atom stereocenters. The van der Waals surface area contributed by atoms with Gasteiger partial charge in [-0.25, -0.2) is 0 Å². The summed E-state index contributed by atoms with van der Waals surface area (Å²) >= 11 is 0. The van der Waals surface area contributed by atoms with Crippen LogP contribution in [0.1, 0.15) is 25.0 Å². The predicted molar refractivity (Wildman–Crippen MR) is 59.7 cm³/mol. The SMILES string of the molecule is CC(C)N.Cc1cc(C)cc(N)c1. The molecule has 1 rings (SSSR count). The van der Waals surface area contributed by atoms with Gasteiger partial charge in [0.05, 0.1) is 0 Å². The molecule has 0 aromatic heterocycles. The summed E-state index contributed by atoms with van der Waals surface area (Å²) < 4.78 is 0. The molecule has 0 amide bonds. The molecule has 2 heteroatoms. The van der Waals surface area contributed by atoms with Gasteiger partial charge < -0.3 is 11.5 Å². The lowest BCUT2D eigenvalue weighted by Gasteiger charge is -1.97. The zero-order valence-electron chi connectivity index (χ0n) is 8.96. The Morgan fingerprint density at radius 1 is 1.00 bits per heavy atom. The summed E-state index contributed by atoms with van der Waals surface area (Å²) in [4.78, 5) is 0. The van der Waals surface area contributed by atoms with Crippen LogP contribution in [0.15, 0.2) is 18.2 Å². The molecule has 13 heavy (non-hydrogen) atoms. The van der Waals surface area contributed by atoms with Crippen molar-refractivity contribution in [3.8, 4) is 0 Å². The van der Waals surface area contributed by atoms with Crippen LogP contribution in [0.2, 0.25) is 0 Å². The van der Waals surface area contributed by atoms with E-state index in [0.29, 0.717) is 6.04 Å². The Bertz CT molecular complexity index is 201. The van der Waals surface area contributed by atoms with Crippen LogP contribution in [0.4, 0.5) is 5.69 Å². The molecule has 0 aliphatic heterocycles. The Morgan fingerprint density at radius 3 is 1.54 bits per heavy atom. The first-order valence-corrected chi connectivity index (χ1v) is 4.51. The first kappa shape index (κ1) is 12.0. The largest absolute Gasteiger partial charge is 0.399 e. The predicted octanol–water partition coefficient (Wildman–Crippen LogP) is 2.24. The molecule has 74 valence electrons. The number of anilines is 1. The second kappa shape index (κ2) is 5.60. The fourth-order valence-corrected chi connectivity index (χ4v) is 1.01. The number of nitrogens with two attached hydrogens (primary N) is 2. The van der Waals surface area contributed by atoms with Crippen molar-refractivity contribution in [3.63, 3.8) is 0 Å². The molecule has 0 spiro atoms. The summed E-state index contributed by atoms with van der Waals surface area (Å²) in [6, 6.07) is 6.37. The minimum atomic E-state index is 0.333. The van der Waals surface area contributed by atoms with Gasteiger partial charge >= 0.3 is 0 Å². The van der Waals surface area contributed by atoms with E-state index in [9.17, 15) is 0 Å². The lowest BCUT2D eigenvalue weighted by atomic mass is 10.1. The van der Waals surface area contributed by atoms with Crippen LogP contribution in [-0.2, 0) is 0 Å². The van der Waals surface area contributed by atoms with Gasteiger partial charge in [-0.3, -0.25) is 0 Å². The number of aryl methyl sites for hydroxylation is 2. The van der Waals surface area contributed by atoms with Crippen LogP contribution >= 0.6 is 0 Å². The topological polar surface area (TPSA) is 52.0 Å². The third kappa shape index (κ3) is 7.34. The first-order valence-electron chi connectivity index (χ1n) is 4.51. The molecule has 1 aromatic rings. The van der Waals surface area contributed by atoms with E-state index in [4.69, 9.17) is 11.5 Å². The van der Waals surface area contributed by atoms with E-state index in [-0.39, 0.29) is 0 Å². The van der Waals surface area contributed by atoms with Gasteiger partial charge in [0.15, 0.2) is 0 Å². The van der Waals surface area contributed by atoms with Crippen molar-refractivity contribution in [2.75, 3.05) is 5.73 Å². The van der Waals surface area contributed by atoms with Crippen molar-refractivity contribution in [2.45, 2.75) is 33.7 Å². The number of rotatable bonds is 0. The minimum absolute atomic E-state index is 0.333. The van der Waals surface area contributed by atoms with E-state index in [1.807, 2.05) is 39.8 Å². The quantitative estimate of drug-likeness (QED) is 0.602. The maximum Gasteiger partial charge on any atom is 0.0319 e. The van der Waals surface area contributed by atoms with Crippen LogP contribution in [0.3, 0.4) is 0 Å². The van der Waals surface area contributed by atoms with Gasteiger partial charge in [0, 0.05) is 5.69 Å². The highest BCUT2D eigenvalue weighted by atomic mass is 14.6. The fraction of sp³-hybridized carbons (Fsp3) is 0.455. The van der Waals surface area contributed by atoms with Crippen molar-refractivity contribution in [1.82, 2.24) is 0 Å². The second-order valence-corrected chi connectivity index (χ2v) is 3.67. The lowest BCUT2D eigenvalue weighted by Crippen LogP contribution is -2.06. The van der Waals surface area contributed by atoms with E-state index in [1.165, 1.54) is 11.1 Å². The second-order valence-electron chi connectivity index (χ2n) is 3.67. The Hall–Kier alpha value is -1.02. The van der Waals surface area contributed by atoms with Gasteiger partial charge in [-0.1, -0.05) is 19.9 Å². The van der Waals surface area contributed by atoms with Crippen molar-refractivity contribution in [2.24, 2.45) is 5.73 Å². The molecule has 0 radical (unpaired) electrons. The highest BCUT2D eigenvalue weighted by molar-refractivity contribution is 5.43. The van der Waals surface area contributed by atoms with Gasteiger partial charge in [-0.15, -0.1) is 0 Å². The highest BCUT2D eigenvalue weighted by Gasteiger charge is 1.87. The monoisotopic (exact) mass is 180 g/mol. The van der Waals surface area contributed by atoms with Crippen LogP contribution < -0.4 is 11.5 Å². The summed E-state index contributed by atoms with van der Waals surface area (Å²) in [6.45, 7) is 7.98. The van der Waals surface area contributed by atoms with Gasteiger partial charge in [-0.2, -0.15) is 0 Å². The average molecular weight is 180 g/mol. The average Bonchev–Trinajstić information content (AvgIpc) is 1.80. The molecule has 0 saturated heterocycles. The van der Waals surface area contributed by atoms with E-state index < -0.39 is 0 Å². The van der Waals surface area contributed by atoms with Crippen LogP contribution in [0.5, 0.6) is 0 Å². The Labute approximate surface area is 80.9 Å². The van der Waals surface area contributed by atoms with Crippen LogP contribution in [-0.4, -0.2) is 6.04 Å². The van der Waals surface area contributed by atoms with Gasteiger partial charge in [0.1, 0.15) is 0 Å². The van der Waals surface area contributed by atoms with E-state index in [1.54, 1.807) is 0 Å². The minimum Gasteiger partial charge on any atom is -0.399 e. The molecule has 0 aliphatic rings. The van der Waals surface area contributed by atoms with Gasteiger partial charge in [-0.05, 0) is 43.1 Å². The number of benzene rings is 1. The van der Waals surface area contributed by atoms with Crippen LogP contribution in [0.25, 0.3) is 0 Å².